The van der Waals surface area contributed by atoms with Crippen molar-refractivity contribution in [1.29, 1.82) is 0 Å². The number of para-hydroxylation sites is 1. The molecule has 3 aromatic rings. The Balaban J connectivity index is 1.56. The number of carbonyl (C=O) groups excluding carboxylic acids is 1. The number of amides is 1. The van der Waals surface area contributed by atoms with Gasteiger partial charge in [-0.3, -0.25) is 9.89 Å². The summed E-state index contributed by atoms with van der Waals surface area (Å²) >= 11 is 0. The van der Waals surface area contributed by atoms with Gasteiger partial charge in [0.25, 0.3) is 0 Å². The molecule has 0 radical (unpaired) electrons. The third-order valence-electron chi connectivity index (χ3n) is 4.64. The molecule has 0 spiro atoms. The van der Waals surface area contributed by atoms with Crippen LogP contribution in [0.15, 0.2) is 48.5 Å². The lowest BCUT2D eigenvalue weighted by Gasteiger charge is -2.23. The fourth-order valence-corrected chi connectivity index (χ4v) is 3.43. The molecule has 2 aliphatic heterocycles. The minimum Gasteiger partial charge on any atom is -0.454 e. The number of anilines is 3. The second kappa shape index (κ2) is 5.80. The van der Waals surface area contributed by atoms with Crippen LogP contribution in [0.4, 0.5) is 17.3 Å². The maximum Gasteiger partial charge on any atom is 0.231 e. The third kappa shape index (κ3) is 2.45. The second-order valence-corrected chi connectivity index (χ2v) is 6.27. The Kier molecular flexibility index (Phi) is 3.31. The first-order chi connectivity index (χ1) is 12.8. The van der Waals surface area contributed by atoms with Gasteiger partial charge >= 0.3 is 0 Å². The molecule has 26 heavy (non-hydrogen) atoms. The van der Waals surface area contributed by atoms with Crippen LogP contribution in [0, 0.1) is 0 Å². The van der Waals surface area contributed by atoms with Gasteiger partial charge in [-0.15, -0.1) is 0 Å². The van der Waals surface area contributed by atoms with Gasteiger partial charge in [0.1, 0.15) is 5.82 Å². The van der Waals surface area contributed by atoms with Crippen molar-refractivity contribution in [1.82, 2.24) is 10.2 Å². The number of benzene rings is 2. The van der Waals surface area contributed by atoms with Crippen molar-refractivity contribution in [2.45, 2.75) is 12.3 Å². The summed E-state index contributed by atoms with van der Waals surface area (Å²) in [7, 11) is 0. The average molecular weight is 348 g/mol. The van der Waals surface area contributed by atoms with Crippen LogP contribution in [0.3, 0.4) is 0 Å². The number of aromatic nitrogens is 2. The Labute approximate surface area is 149 Å². The number of carbonyl (C=O) groups is 1. The molecule has 5 rings (SSSR count). The Hall–Kier alpha value is -3.48. The molecule has 7 nitrogen and oxygen atoms in total. The molecule has 1 amide bonds. The summed E-state index contributed by atoms with van der Waals surface area (Å²) in [6.45, 7) is 0.224. The van der Waals surface area contributed by atoms with E-state index in [1.165, 1.54) is 0 Å². The molecule has 2 aliphatic rings. The van der Waals surface area contributed by atoms with Crippen molar-refractivity contribution in [3.63, 3.8) is 0 Å². The third-order valence-corrected chi connectivity index (χ3v) is 4.64. The van der Waals surface area contributed by atoms with Crippen LogP contribution in [0.2, 0.25) is 0 Å². The molecule has 0 saturated heterocycles. The zero-order valence-electron chi connectivity index (χ0n) is 13.8. The smallest absolute Gasteiger partial charge is 0.231 e. The molecule has 3 heterocycles. The first-order valence-electron chi connectivity index (χ1n) is 8.37. The number of nitrogens with one attached hydrogen (secondary N) is 3. The van der Waals surface area contributed by atoms with Crippen LogP contribution in [-0.4, -0.2) is 22.9 Å². The van der Waals surface area contributed by atoms with Gasteiger partial charge in [0.2, 0.25) is 12.7 Å². The fraction of sp³-hybridized carbons (Fsp3) is 0.158. The summed E-state index contributed by atoms with van der Waals surface area (Å²) in [6, 6.07) is 15.6. The average Bonchev–Trinajstić information content (AvgIpc) is 3.28. The Bertz CT molecular complexity index is 984. The van der Waals surface area contributed by atoms with E-state index in [9.17, 15) is 4.79 Å². The van der Waals surface area contributed by atoms with Crippen LogP contribution >= 0.6 is 0 Å². The van der Waals surface area contributed by atoms with Crippen molar-refractivity contribution in [2.75, 3.05) is 17.4 Å². The van der Waals surface area contributed by atoms with Gasteiger partial charge in [0.15, 0.2) is 17.3 Å². The molecule has 3 N–H and O–H groups in total. The normalized spacial score (nSPS) is 17.5. The molecular weight excluding hydrogens is 332 g/mol. The number of fused-ring (bicyclic) bond motifs is 2. The van der Waals surface area contributed by atoms with E-state index in [0.29, 0.717) is 18.0 Å². The lowest BCUT2D eigenvalue weighted by molar-refractivity contribution is -0.116. The highest BCUT2D eigenvalue weighted by Gasteiger charge is 2.32. The van der Waals surface area contributed by atoms with Crippen molar-refractivity contribution >= 4 is 23.2 Å². The van der Waals surface area contributed by atoms with E-state index in [0.717, 1.165) is 28.4 Å². The predicted octanol–water partition coefficient (Wildman–Crippen LogP) is 3.36. The summed E-state index contributed by atoms with van der Waals surface area (Å²) in [4.78, 5) is 12.2. The standard InChI is InChI=1S/C19H16N4O3/c24-16-9-13(11-6-7-14-15(8-11)26-10-25-14)17-18(22-23-19(17)21-16)20-12-4-2-1-3-5-12/h1-8,13H,9-10H2,(H3,20,21,22,23,24)/t13-/m1/s1. The van der Waals surface area contributed by atoms with Gasteiger partial charge in [-0.1, -0.05) is 24.3 Å². The van der Waals surface area contributed by atoms with Crippen LogP contribution in [-0.2, 0) is 4.79 Å². The van der Waals surface area contributed by atoms with Crippen LogP contribution in [0.1, 0.15) is 23.5 Å². The summed E-state index contributed by atoms with van der Waals surface area (Å²) in [5, 5.41) is 13.5. The molecule has 0 aliphatic carbocycles. The first-order valence-corrected chi connectivity index (χ1v) is 8.37. The van der Waals surface area contributed by atoms with E-state index in [1.54, 1.807) is 0 Å². The molecule has 130 valence electrons. The quantitative estimate of drug-likeness (QED) is 0.675. The topological polar surface area (TPSA) is 88.3 Å². The Morgan fingerprint density at radius 3 is 2.81 bits per heavy atom. The number of hydrogen-bond donors (Lipinski definition) is 3. The maximum atomic E-state index is 12.2. The van der Waals surface area contributed by atoms with Crippen LogP contribution in [0.5, 0.6) is 11.5 Å². The number of rotatable bonds is 3. The molecular formula is C19H16N4O3. The number of aromatic amines is 1. The van der Waals surface area contributed by atoms with Gasteiger partial charge in [-0.05, 0) is 29.8 Å². The molecule has 0 bridgehead atoms. The van der Waals surface area contributed by atoms with Gasteiger partial charge in [0.05, 0.1) is 0 Å². The van der Waals surface area contributed by atoms with Crippen molar-refractivity contribution < 1.29 is 14.3 Å². The van der Waals surface area contributed by atoms with Crippen LogP contribution < -0.4 is 20.1 Å². The monoisotopic (exact) mass is 348 g/mol. The lowest BCUT2D eigenvalue weighted by Crippen LogP contribution is -2.23. The molecule has 1 atom stereocenters. The summed E-state index contributed by atoms with van der Waals surface area (Å²) in [5.41, 5.74) is 2.87. The molecule has 0 fully saturated rings. The van der Waals surface area contributed by atoms with Crippen LogP contribution in [0.25, 0.3) is 0 Å². The van der Waals surface area contributed by atoms with Crippen molar-refractivity contribution in [3.05, 3.63) is 59.7 Å². The van der Waals surface area contributed by atoms with E-state index in [2.05, 4.69) is 20.8 Å². The maximum absolute atomic E-state index is 12.2. The highest BCUT2D eigenvalue weighted by atomic mass is 16.7. The van der Waals surface area contributed by atoms with Gasteiger partial charge < -0.3 is 20.1 Å². The lowest BCUT2D eigenvalue weighted by atomic mass is 9.86. The number of hydrogen-bond acceptors (Lipinski definition) is 5. The van der Waals surface area contributed by atoms with E-state index in [-0.39, 0.29) is 18.6 Å². The second-order valence-electron chi connectivity index (χ2n) is 6.27. The summed E-state index contributed by atoms with van der Waals surface area (Å²) < 4.78 is 10.9. The summed E-state index contributed by atoms with van der Waals surface area (Å²) in [6.07, 6.45) is 0.343. The van der Waals surface area contributed by atoms with Crippen molar-refractivity contribution in [2.24, 2.45) is 0 Å². The van der Waals surface area contributed by atoms with E-state index in [4.69, 9.17) is 9.47 Å². The Morgan fingerprint density at radius 1 is 1.08 bits per heavy atom. The van der Waals surface area contributed by atoms with E-state index < -0.39 is 0 Å². The minimum atomic E-state index is -0.127. The predicted molar refractivity (Wildman–Crippen MR) is 96.0 cm³/mol. The van der Waals surface area contributed by atoms with E-state index in [1.807, 2.05) is 48.5 Å². The largest absolute Gasteiger partial charge is 0.454 e. The van der Waals surface area contributed by atoms with E-state index >= 15 is 0 Å². The molecule has 1 aromatic heterocycles. The SMILES string of the molecule is O=C1C[C@H](c2ccc3c(c2)OCO3)c2c(n[nH]c2Nc2ccccc2)N1. The van der Waals surface area contributed by atoms with Gasteiger partial charge in [0, 0.05) is 23.6 Å². The zero-order valence-corrected chi connectivity index (χ0v) is 13.8. The Morgan fingerprint density at radius 2 is 1.92 bits per heavy atom. The first kappa shape index (κ1) is 14.8. The number of H-pyrrole nitrogens is 1. The molecule has 0 saturated carbocycles. The zero-order chi connectivity index (χ0) is 17.5. The highest BCUT2D eigenvalue weighted by Crippen LogP contribution is 2.43. The van der Waals surface area contributed by atoms with Gasteiger partial charge in [-0.25, -0.2) is 0 Å². The molecule has 2 aromatic carbocycles. The molecule has 0 unspecified atom stereocenters. The van der Waals surface area contributed by atoms with Crippen molar-refractivity contribution in [3.8, 4) is 11.5 Å². The number of ether oxygens (including phenoxy) is 2. The fourth-order valence-electron chi connectivity index (χ4n) is 3.43. The highest BCUT2D eigenvalue weighted by molar-refractivity contribution is 5.95. The molecule has 7 heteroatoms. The van der Waals surface area contributed by atoms with Gasteiger partial charge in [-0.2, -0.15) is 5.10 Å². The minimum absolute atomic E-state index is 0.0575. The summed E-state index contributed by atoms with van der Waals surface area (Å²) in [5.74, 6) is 2.58. The number of nitrogens with zero attached hydrogens (tertiary/aromatic N) is 1.